The van der Waals surface area contributed by atoms with Crippen LogP contribution in [0.2, 0.25) is 0 Å². The Hall–Kier alpha value is -0.160. The van der Waals surface area contributed by atoms with E-state index in [0.29, 0.717) is 13.1 Å². The lowest BCUT2D eigenvalue weighted by atomic mass is 10.2. The molecule has 0 spiro atoms. The summed E-state index contributed by atoms with van der Waals surface area (Å²) in [6.07, 6.45) is 8.95. The molecule has 0 rings (SSSR count). The summed E-state index contributed by atoms with van der Waals surface area (Å²) in [5.74, 6) is 0. The van der Waals surface area contributed by atoms with Crippen LogP contribution in [-0.4, -0.2) is 72.5 Å². The second kappa shape index (κ2) is 16.2. The maximum absolute atomic E-state index is 9.02. The molecule has 0 radical (unpaired) electrons. The molecule has 0 aromatic heterocycles. The fourth-order valence-electron chi connectivity index (χ4n) is 2.64. The minimum atomic E-state index is 0.177. The van der Waals surface area contributed by atoms with Gasteiger partial charge in [0.15, 0.2) is 0 Å². The van der Waals surface area contributed by atoms with Crippen molar-refractivity contribution in [2.24, 2.45) is 0 Å². The van der Waals surface area contributed by atoms with Crippen molar-refractivity contribution in [3.63, 3.8) is 0 Å². The first-order valence-electron chi connectivity index (χ1n) is 8.94. The van der Waals surface area contributed by atoms with Gasteiger partial charge in [-0.25, -0.2) is 0 Å². The van der Waals surface area contributed by atoms with Crippen LogP contribution in [0.5, 0.6) is 0 Å². The summed E-state index contributed by atoms with van der Waals surface area (Å²) in [6, 6.07) is 0. The maximum atomic E-state index is 9.02. The van der Waals surface area contributed by atoms with Gasteiger partial charge in [-0.3, -0.25) is 4.90 Å². The summed E-state index contributed by atoms with van der Waals surface area (Å²) in [6.45, 7) is 10.8. The summed E-state index contributed by atoms with van der Waals surface area (Å²) in [5, 5.41) is 18.0. The number of unbranched alkanes of at least 4 members (excludes halogenated alkanes) is 4. The van der Waals surface area contributed by atoms with Crippen LogP contribution in [0.3, 0.4) is 0 Å². The van der Waals surface area contributed by atoms with E-state index in [1.54, 1.807) is 0 Å². The number of aliphatic hydroxyl groups is 2. The Balaban J connectivity index is 3.94. The van der Waals surface area contributed by atoms with Gasteiger partial charge in [0.25, 0.3) is 0 Å². The quantitative estimate of drug-likeness (QED) is 0.430. The molecular formula is C17H38N2O2. The highest BCUT2D eigenvalue weighted by atomic mass is 16.3. The standard InChI is InChI=1S/C17H38N2O2/c1-3-5-7-10-18(11-8-6-4-2)12-9-13-19(14-16-20)15-17-21/h20-21H,3-17H2,1-2H3. The van der Waals surface area contributed by atoms with Gasteiger partial charge in [0, 0.05) is 13.1 Å². The topological polar surface area (TPSA) is 46.9 Å². The lowest BCUT2D eigenvalue weighted by molar-refractivity contribution is 0.152. The lowest BCUT2D eigenvalue weighted by Gasteiger charge is -2.25. The highest BCUT2D eigenvalue weighted by molar-refractivity contribution is 4.62. The molecule has 0 fully saturated rings. The Kier molecular flexibility index (Phi) is 16.1. The Morgan fingerprint density at radius 2 is 0.905 bits per heavy atom. The normalized spacial score (nSPS) is 11.7. The third kappa shape index (κ3) is 13.2. The molecule has 0 saturated heterocycles. The van der Waals surface area contributed by atoms with Crippen molar-refractivity contribution >= 4 is 0 Å². The van der Waals surface area contributed by atoms with Gasteiger partial charge >= 0.3 is 0 Å². The largest absolute Gasteiger partial charge is 0.395 e. The van der Waals surface area contributed by atoms with E-state index >= 15 is 0 Å². The molecule has 0 bridgehead atoms. The minimum Gasteiger partial charge on any atom is -0.395 e. The molecule has 4 heteroatoms. The smallest absolute Gasteiger partial charge is 0.0558 e. The van der Waals surface area contributed by atoms with E-state index in [2.05, 4.69) is 23.6 Å². The third-order valence-corrected chi connectivity index (χ3v) is 3.94. The van der Waals surface area contributed by atoms with E-state index in [4.69, 9.17) is 10.2 Å². The van der Waals surface area contributed by atoms with Crippen LogP contribution in [0, 0.1) is 0 Å². The lowest BCUT2D eigenvalue weighted by Crippen LogP contribution is -2.34. The first-order chi connectivity index (χ1) is 10.3. The SMILES string of the molecule is CCCCCN(CCCCC)CCCN(CCO)CCO. The van der Waals surface area contributed by atoms with Gasteiger partial charge in [-0.05, 0) is 45.4 Å². The van der Waals surface area contributed by atoms with Crippen molar-refractivity contribution in [3.05, 3.63) is 0 Å². The zero-order valence-corrected chi connectivity index (χ0v) is 14.4. The second-order valence-electron chi connectivity index (χ2n) is 5.90. The molecule has 0 amide bonds. The van der Waals surface area contributed by atoms with Crippen molar-refractivity contribution in [1.82, 2.24) is 9.80 Å². The van der Waals surface area contributed by atoms with E-state index in [9.17, 15) is 0 Å². The number of hydrogen-bond acceptors (Lipinski definition) is 4. The molecule has 4 nitrogen and oxygen atoms in total. The molecule has 0 aromatic rings. The Bertz CT molecular complexity index is 187. The summed E-state index contributed by atoms with van der Waals surface area (Å²) in [5.41, 5.74) is 0. The Morgan fingerprint density at radius 3 is 1.29 bits per heavy atom. The summed E-state index contributed by atoms with van der Waals surface area (Å²) in [4.78, 5) is 4.75. The van der Waals surface area contributed by atoms with Crippen LogP contribution in [0.1, 0.15) is 58.8 Å². The van der Waals surface area contributed by atoms with Crippen molar-refractivity contribution < 1.29 is 10.2 Å². The van der Waals surface area contributed by atoms with Crippen LogP contribution in [0.4, 0.5) is 0 Å². The van der Waals surface area contributed by atoms with Gasteiger partial charge in [-0.2, -0.15) is 0 Å². The van der Waals surface area contributed by atoms with Crippen molar-refractivity contribution in [3.8, 4) is 0 Å². The zero-order valence-electron chi connectivity index (χ0n) is 14.4. The van der Waals surface area contributed by atoms with Gasteiger partial charge in [0.05, 0.1) is 13.2 Å². The summed E-state index contributed by atoms with van der Waals surface area (Å²) in [7, 11) is 0. The number of hydrogen-bond donors (Lipinski definition) is 2. The monoisotopic (exact) mass is 302 g/mol. The molecule has 0 heterocycles. The number of nitrogens with zero attached hydrogens (tertiary/aromatic N) is 2. The molecule has 21 heavy (non-hydrogen) atoms. The minimum absolute atomic E-state index is 0.177. The van der Waals surface area contributed by atoms with E-state index in [0.717, 1.165) is 19.5 Å². The van der Waals surface area contributed by atoms with E-state index in [1.807, 2.05) is 0 Å². The average molecular weight is 303 g/mol. The molecule has 0 aromatic carbocycles. The van der Waals surface area contributed by atoms with Crippen LogP contribution in [-0.2, 0) is 0 Å². The molecule has 0 aliphatic carbocycles. The van der Waals surface area contributed by atoms with Crippen molar-refractivity contribution in [2.75, 3.05) is 52.5 Å². The molecule has 0 saturated carbocycles. The molecular weight excluding hydrogens is 264 g/mol. The Morgan fingerprint density at radius 1 is 0.524 bits per heavy atom. The van der Waals surface area contributed by atoms with E-state index < -0.39 is 0 Å². The molecule has 0 unspecified atom stereocenters. The molecule has 0 aliphatic rings. The molecule has 128 valence electrons. The maximum Gasteiger partial charge on any atom is 0.0558 e. The van der Waals surface area contributed by atoms with Crippen LogP contribution >= 0.6 is 0 Å². The van der Waals surface area contributed by atoms with Crippen LogP contribution in [0.15, 0.2) is 0 Å². The van der Waals surface area contributed by atoms with Crippen LogP contribution in [0.25, 0.3) is 0 Å². The summed E-state index contributed by atoms with van der Waals surface area (Å²) < 4.78 is 0. The second-order valence-corrected chi connectivity index (χ2v) is 5.90. The summed E-state index contributed by atoms with van der Waals surface area (Å²) >= 11 is 0. The van der Waals surface area contributed by atoms with Gasteiger partial charge in [0.2, 0.25) is 0 Å². The van der Waals surface area contributed by atoms with Gasteiger partial charge in [-0.15, -0.1) is 0 Å². The van der Waals surface area contributed by atoms with Gasteiger partial charge in [0.1, 0.15) is 0 Å². The third-order valence-electron chi connectivity index (χ3n) is 3.94. The fourth-order valence-corrected chi connectivity index (χ4v) is 2.64. The highest BCUT2D eigenvalue weighted by Gasteiger charge is 2.07. The average Bonchev–Trinajstić information content (AvgIpc) is 2.47. The van der Waals surface area contributed by atoms with E-state index in [1.165, 1.54) is 51.6 Å². The molecule has 2 N–H and O–H groups in total. The first-order valence-corrected chi connectivity index (χ1v) is 8.94. The van der Waals surface area contributed by atoms with Gasteiger partial charge in [-0.1, -0.05) is 39.5 Å². The molecule has 0 aliphatic heterocycles. The molecule has 0 atom stereocenters. The zero-order chi connectivity index (χ0) is 15.8. The highest BCUT2D eigenvalue weighted by Crippen LogP contribution is 2.04. The predicted octanol–water partition coefficient (Wildman–Crippen LogP) is 2.35. The predicted molar refractivity (Wildman–Crippen MR) is 90.7 cm³/mol. The van der Waals surface area contributed by atoms with Gasteiger partial charge < -0.3 is 15.1 Å². The fraction of sp³-hybridized carbons (Fsp3) is 1.00. The first kappa shape index (κ1) is 20.8. The number of aliphatic hydroxyl groups excluding tert-OH is 2. The van der Waals surface area contributed by atoms with E-state index in [-0.39, 0.29) is 13.2 Å². The van der Waals surface area contributed by atoms with Crippen molar-refractivity contribution in [2.45, 2.75) is 58.8 Å². The Labute approximate surface area is 132 Å². The van der Waals surface area contributed by atoms with Crippen molar-refractivity contribution in [1.29, 1.82) is 0 Å². The number of rotatable bonds is 16. The van der Waals surface area contributed by atoms with Crippen LogP contribution < -0.4 is 0 Å².